The summed E-state index contributed by atoms with van der Waals surface area (Å²) in [6.45, 7) is 2.90. The Bertz CT molecular complexity index is 688. The first-order valence-corrected chi connectivity index (χ1v) is 10.3. The summed E-state index contributed by atoms with van der Waals surface area (Å²) in [7, 11) is 2.20. The van der Waals surface area contributed by atoms with Gasteiger partial charge in [0.2, 0.25) is 5.91 Å². The highest BCUT2D eigenvalue weighted by Crippen LogP contribution is 2.39. The first-order chi connectivity index (χ1) is 13.0. The SMILES string of the molecule is CN(Cc1ccccc1NCC(=O)N[C@@](C)(C#N)C1CC1)C1CCCCC1. The van der Waals surface area contributed by atoms with Crippen molar-refractivity contribution in [3.05, 3.63) is 29.8 Å². The zero-order chi connectivity index (χ0) is 19.3. The summed E-state index contributed by atoms with van der Waals surface area (Å²) >= 11 is 0. The van der Waals surface area contributed by atoms with Gasteiger partial charge in [0.25, 0.3) is 0 Å². The van der Waals surface area contributed by atoms with Crippen LogP contribution in [0.15, 0.2) is 24.3 Å². The monoisotopic (exact) mass is 368 g/mol. The Morgan fingerprint density at radius 3 is 2.59 bits per heavy atom. The van der Waals surface area contributed by atoms with Crippen LogP contribution >= 0.6 is 0 Å². The Balaban J connectivity index is 1.55. The summed E-state index contributed by atoms with van der Waals surface area (Å²) < 4.78 is 0. The van der Waals surface area contributed by atoms with E-state index in [-0.39, 0.29) is 12.5 Å². The normalized spacial score (nSPS) is 19.9. The van der Waals surface area contributed by atoms with Gasteiger partial charge in [-0.25, -0.2) is 0 Å². The number of hydrogen-bond acceptors (Lipinski definition) is 4. The molecule has 0 saturated heterocycles. The largest absolute Gasteiger partial charge is 0.376 e. The third-order valence-corrected chi connectivity index (χ3v) is 6.10. The number of nitriles is 1. The average Bonchev–Trinajstić information content (AvgIpc) is 3.54. The Morgan fingerprint density at radius 2 is 1.93 bits per heavy atom. The predicted octanol–water partition coefficient (Wildman–Crippen LogP) is 3.67. The molecule has 1 aromatic carbocycles. The molecule has 1 aromatic rings. The average molecular weight is 369 g/mol. The lowest BCUT2D eigenvalue weighted by molar-refractivity contribution is -0.120. The van der Waals surface area contributed by atoms with E-state index in [2.05, 4.69) is 40.8 Å². The van der Waals surface area contributed by atoms with E-state index >= 15 is 0 Å². The van der Waals surface area contributed by atoms with E-state index < -0.39 is 5.54 Å². The molecule has 2 aliphatic carbocycles. The lowest BCUT2D eigenvalue weighted by Crippen LogP contribution is -2.48. The van der Waals surface area contributed by atoms with Crippen LogP contribution < -0.4 is 10.6 Å². The van der Waals surface area contributed by atoms with Crippen molar-refractivity contribution in [3.63, 3.8) is 0 Å². The van der Waals surface area contributed by atoms with Crippen molar-refractivity contribution in [1.29, 1.82) is 5.26 Å². The second-order valence-corrected chi connectivity index (χ2v) is 8.35. The molecule has 0 aromatic heterocycles. The van der Waals surface area contributed by atoms with Gasteiger partial charge in [-0.15, -0.1) is 0 Å². The summed E-state index contributed by atoms with van der Waals surface area (Å²) in [6.07, 6.45) is 8.62. The summed E-state index contributed by atoms with van der Waals surface area (Å²) in [4.78, 5) is 14.8. The summed E-state index contributed by atoms with van der Waals surface area (Å²) in [5, 5.41) is 15.6. The molecule has 3 rings (SSSR count). The third-order valence-electron chi connectivity index (χ3n) is 6.10. The fourth-order valence-electron chi connectivity index (χ4n) is 4.14. The lowest BCUT2D eigenvalue weighted by atomic mass is 9.94. The summed E-state index contributed by atoms with van der Waals surface area (Å²) in [5.41, 5.74) is 1.48. The second kappa shape index (κ2) is 8.75. The Morgan fingerprint density at radius 1 is 1.22 bits per heavy atom. The van der Waals surface area contributed by atoms with E-state index in [0.717, 1.165) is 25.1 Å². The number of amides is 1. The molecule has 0 heterocycles. The highest BCUT2D eigenvalue weighted by Gasteiger charge is 2.42. The van der Waals surface area contributed by atoms with Crippen molar-refractivity contribution < 1.29 is 4.79 Å². The number of nitrogens with zero attached hydrogens (tertiary/aromatic N) is 2. The molecular formula is C22H32N4O. The van der Waals surface area contributed by atoms with Crippen LogP contribution in [-0.4, -0.2) is 36.0 Å². The van der Waals surface area contributed by atoms with E-state index in [4.69, 9.17) is 0 Å². The van der Waals surface area contributed by atoms with Gasteiger partial charge in [-0.3, -0.25) is 9.69 Å². The maximum absolute atomic E-state index is 12.4. The van der Waals surface area contributed by atoms with Crippen LogP contribution in [0.25, 0.3) is 0 Å². The Kier molecular flexibility index (Phi) is 6.38. The fourth-order valence-corrected chi connectivity index (χ4v) is 4.14. The Hall–Kier alpha value is -2.06. The molecule has 27 heavy (non-hydrogen) atoms. The molecule has 1 amide bonds. The molecule has 2 aliphatic rings. The van der Waals surface area contributed by atoms with Gasteiger partial charge < -0.3 is 10.6 Å². The van der Waals surface area contributed by atoms with E-state index in [1.165, 1.54) is 37.7 Å². The molecule has 2 fully saturated rings. The van der Waals surface area contributed by atoms with Gasteiger partial charge >= 0.3 is 0 Å². The lowest BCUT2D eigenvalue weighted by Gasteiger charge is -2.31. The van der Waals surface area contributed by atoms with Crippen molar-refractivity contribution >= 4 is 11.6 Å². The van der Waals surface area contributed by atoms with Crippen LogP contribution in [0.1, 0.15) is 57.4 Å². The van der Waals surface area contributed by atoms with Crippen LogP contribution in [-0.2, 0) is 11.3 Å². The number of hydrogen-bond donors (Lipinski definition) is 2. The molecular weight excluding hydrogens is 336 g/mol. The number of carbonyl (C=O) groups is 1. The van der Waals surface area contributed by atoms with Crippen molar-refractivity contribution in [2.24, 2.45) is 5.92 Å². The topological polar surface area (TPSA) is 68.2 Å². The van der Waals surface area contributed by atoms with Crippen LogP contribution in [0.5, 0.6) is 0 Å². The number of para-hydroxylation sites is 1. The standard InChI is InChI=1S/C22H32N4O/c1-22(16-23,18-12-13-18)25-21(27)14-24-20-11-7-6-8-17(20)15-26(2)19-9-4-3-5-10-19/h6-8,11,18-19,24H,3-5,9-10,12-15H2,1-2H3,(H,25,27)/t22-/m0/s1. The third kappa shape index (κ3) is 5.23. The number of nitrogens with one attached hydrogen (secondary N) is 2. The highest BCUT2D eigenvalue weighted by atomic mass is 16.2. The maximum Gasteiger partial charge on any atom is 0.240 e. The van der Waals surface area contributed by atoms with Gasteiger partial charge in [0, 0.05) is 18.3 Å². The first-order valence-electron chi connectivity index (χ1n) is 10.3. The van der Waals surface area contributed by atoms with Gasteiger partial charge in [0.05, 0.1) is 12.6 Å². The zero-order valence-corrected chi connectivity index (χ0v) is 16.6. The van der Waals surface area contributed by atoms with Crippen LogP contribution in [0.3, 0.4) is 0 Å². The molecule has 0 aliphatic heterocycles. The quantitative estimate of drug-likeness (QED) is 0.735. The van der Waals surface area contributed by atoms with Gasteiger partial charge in [-0.05, 0) is 57.2 Å². The van der Waals surface area contributed by atoms with Crippen LogP contribution in [0.2, 0.25) is 0 Å². The zero-order valence-electron chi connectivity index (χ0n) is 16.6. The smallest absolute Gasteiger partial charge is 0.240 e. The number of rotatable bonds is 8. The molecule has 0 bridgehead atoms. The molecule has 2 saturated carbocycles. The number of anilines is 1. The molecule has 1 atom stereocenters. The molecule has 2 N–H and O–H groups in total. The molecule has 5 heteroatoms. The minimum Gasteiger partial charge on any atom is -0.376 e. The predicted molar refractivity (Wildman–Crippen MR) is 108 cm³/mol. The molecule has 5 nitrogen and oxygen atoms in total. The number of carbonyl (C=O) groups excluding carboxylic acids is 1. The van der Waals surface area contributed by atoms with Crippen molar-refractivity contribution in [2.45, 2.75) is 70.0 Å². The second-order valence-electron chi connectivity index (χ2n) is 8.35. The van der Waals surface area contributed by atoms with Gasteiger partial charge in [-0.2, -0.15) is 5.26 Å². The van der Waals surface area contributed by atoms with E-state index in [1.807, 2.05) is 19.1 Å². The van der Waals surface area contributed by atoms with E-state index in [0.29, 0.717) is 12.0 Å². The van der Waals surface area contributed by atoms with Crippen molar-refractivity contribution in [3.8, 4) is 6.07 Å². The van der Waals surface area contributed by atoms with Crippen molar-refractivity contribution in [2.75, 3.05) is 18.9 Å². The molecule has 0 unspecified atom stereocenters. The first kappa shape index (κ1) is 19.7. The fraction of sp³-hybridized carbons (Fsp3) is 0.636. The minimum atomic E-state index is -0.737. The van der Waals surface area contributed by atoms with Gasteiger partial charge in [-0.1, -0.05) is 37.5 Å². The van der Waals surface area contributed by atoms with Crippen molar-refractivity contribution in [1.82, 2.24) is 10.2 Å². The maximum atomic E-state index is 12.4. The van der Waals surface area contributed by atoms with Gasteiger partial charge in [0.1, 0.15) is 5.54 Å². The van der Waals surface area contributed by atoms with Gasteiger partial charge in [0.15, 0.2) is 0 Å². The minimum absolute atomic E-state index is 0.124. The number of benzene rings is 1. The van der Waals surface area contributed by atoms with Crippen LogP contribution in [0.4, 0.5) is 5.69 Å². The summed E-state index contributed by atoms with van der Waals surface area (Å²) in [6, 6.07) is 11.1. The van der Waals surface area contributed by atoms with Crippen LogP contribution in [0, 0.1) is 17.2 Å². The van der Waals surface area contributed by atoms with E-state index in [9.17, 15) is 10.1 Å². The molecule has 0 radical (unpaired) electrons. The van der Waals surface area contributed by atoms with E-state index in [1.54, 1.807) is 0 Å². The molecule has 0 spiro atoms. The molecule has 146 valence electrons. The summed E-state index contributed by atoms with van der Waals surface area (Å²) in [5.74, 6) is 0.171. The highest BCUT2D eigenvalue weighted by molar-refractivity contribution is 5.82. The Labute approximate surface area is 163 Å².